The molecule has 2 aliphatic heterocycles. The van der Waals surface area contributed by atoms with Crippen molar-refractivity contribution in [2.45, 2.75) is 58.7 Å². The van der Waals surface area contributed by atoms with Crippen molar-refractivity contribution in [3.05, 3.63) is 89.0 Å². The Morgan fingerprint density at radius 2 is 1.87 bits per heavy atom. The first-order valence-corrected chi connectivity index (χ1v) is 17.4. The van der Waals surface area contributed by atoms with Gasteiger partial charge in [-0.3, -0.25) is 15.0 Å². The molecule has 252 valence electrons. The zero-order valence-corrected chi connectivity index (χ0v) is 28.7. The average Bonchev–Trinajstić information content (AvgIpc) is 3.50. The molecule has 3 heterocycles. The van der Waals surface area contributed by atoms with Crippen LogP contribution in [-0.2, 0) is 0 Å². The van der Waals surface area contributed by atoms with E-state index >= 15 is 0 Å². The summed E-state index contributed by atoms with van der Waals surface area (Å²) in [5.41, 5.74) is 0.829. The number of halogens is 1. The van der Waals surface area contributed by atoms with Crippen LogP contribution in [0.3, 0.4) is 0 Å². The van der Waals surface area contributed by atoms with E-state index in [0.717, 1.165) is 45.7 Å². The fourth-order valence-corrected chi connectivity index (χ4v) is 6.13. The van der Waals surface area contributed by atoms with E-state index in [0.29, 0.717) is 40.3 Å². The molecule has 2 fully saturated rings. The number of nitrogens with one attached hydrogen (secondary N) is 2. The second-order valence-corrected chi connectivity index (χ2v) is 12.1. The third kappa shape index (κ3) is 11.6. The number of allylic oxidation sites excluding steroid dienone is 1. The van der Waals surface area contributed by atoms with Gasteiger partial charge in [0, 0.05) is 56.6 Å². The molecule has 0 bridgehead atoms. The summed E-state index contributed by atoms with van der Waals surface area (Å²) in [5.74, 6) is 1.33. The minimum Gasteiger partial charge on any atom is -0.486 e. The molecule has 3 unspecified atom stereocenters. The molecule has 0 aliphatic carbocycles. The summed E-state index contributed by atoms with van der Waals surface area (Å²) in [5, 5.41) is 17.3. The molecular formula is C36H51FN4O4S. The number of fused-ring (bicyclic) bond motifs is 1. The van der Waals surface area contributed by atoms with Crippen molar-refractivity contribution < 1.29 is 18.7 Å². The number of thioether (sulfide) groups is 1. The summed E-state index contributed by atoms with van der Waals surface area (Å²) >= 11 is 1.96. The molecule has 46 heavy (non-hydrogen) atoms. The predicted molar refractivity (Wildman–Crippen MR) is 190 cm³/mol. The second kappa shape index (κ2) is 20.2. The lowest BCUT2D eigenvalue weighted by atomic mass is 10.1. The molecule has 1 aromatic heterocycles. The van der Waals surface area contributed by atoms with Gasteiger partial charge in [0.05, 0.1) is 17.4 Å². The lowest BCUT2D eigenvalue weighted by molar-refractivity contribution is -0.0133. The van der Waals surface area contributed by atoms with Gasteiger partial charge < -0.3 is 24.5 Å². The molecule has 0 radical (unpaired) electrons. The van der Waals surface area contributed by atoms with Crippen LogP contribution in [0.5, 0.6) is 5.75 Å². The smallest absolute Gasteiger partial charge is 0.235 e. The SMILES string of the molecule is C/C=C\CN/C=C/C1NC(C)CS1.CC.CC(O)N1CCN(CCCOc2c(-c3ccc(F)cc3)oc3ccccc3c2=O)CC1. The van der Waals surface area contributed by atoms with Crippen molar-refractivity contribution in [2.24, 2.45) is 0 Å². The topological polar surface area (TPSA) is 90.2 Å². The number of hydrogen-bond donors (Lipinski definition) is 3. The molecule has 8 nitrogen and oxygen atoms in total. The van der Waals surface area contributed by atoms with Gasteiger partial charge in [-0.1, -0.05) is 38.1 Å². The van der Waals surface area contributed by atoms with Gasteiger partial charge in [-0.15, -0.1) is 11.8 Å². The average molecular weight is 655 g/mol. The highest BCUT2D eigenvalue weighted by Crippen LogP contribution is 2.31. The summed E-state index contributed by atoms with van der Waals surface area (Å²) < 4.78 is 25.3. The summed E-state index contributed by atoms with van der Waals surface area (Å²) in [6, 6.07) is 13.5. The Kier molecular flexibility index (Phi) is 16.4. The van der Waals surface area contributed by atoms with Crippen LogP contribution in [-0.4, -0.2) is 84.2 Å². The number of para-hydroxylation sites is 1. The van der Waals surface area contributed by atoms with Gasteiger partial charge in [-0.25, -0.2) is 4.39 Å². The van der Waals surface area contributed by atoms with Crippen LogP contribution in [0, 0.1) is 5.82 Å². The fourth-order valence-electron chi connectivity index (χ4n) is 5.02. The van der Waals surface area contributed by atoms with Gasteiger partial charge in [0.25, 0.3) is 0 Å². The van der Waals surface area contributed by atoms with E-state index in [1.54, 1.807) is 43.3 Å². The van der Waals surface area contributed by atoms with Gasteiger partial charge in [0.1, 0.15) is 17.6 Å². The van der Waals surface area contributed by atoms with Crippen molar-refractivity contribution in [3.8, 4) is 17.1 Å². The second-order valence-electron chi connectivity index (χ2n) is 11.0. The summed E-state index contributed by atoms with van der Waals surface area (Å²) in [6.45, 7) is 15.6. The van der Waals surface area contributed by atoms with E-state index in [-0.39, 0.29) is 17.0 Å². The molecule has 3 N–H and O–H groups in total. The quantitative estimate of drug-likeness (QED) is 0.169. The number of nitrogens with zero attached hydrogens (tertiary/aromatic N) is 2. The zero-order chi connectivity index (χ0) is 33.3. The van der Waals surface area contributed by atoms with Gasteiger partial charge in [0.15, 0.2) is 5.76 Å². The fraction of sp³-hybridized carbons (Fsp3) is 0.472. The Morgan fingerprint density at radius 1 is 1.15 bits per heavy atom. The molecule has 2 aliphatic rings. The van der Waals surface area contributed by atoms with Crippen LogP contribution in [0.2, 0.25) is 0 Å². The van der Waals surface area contributed by atoms with E-state index < -0.39 is 6.23 Å². The van der Waals surface area contributed by atoms with E-state index in [4.69, 9.17) is 9.15 Å². The third-order valence-corrected chi connectivity index (χ3v) is 8.84. The van der Waals surface area contributed by atoms with E-state index in [1.165, 1.54) is 17.9 Å². The van der Waals surface area contributed by atoms with Gasteiger partial charge >= 0.3 is 0 Å². The summed E-state index contributed by atoms with van der Waals surface area (Å²) in [4.78, 5) is 17.5. The van der Waals surface area contributed by atoms with Crippen molar-refractivity contribution in [3.63, 3.8) is 0 Å². The highest BCUT2D eigenvalue weighted by atomic mass is 32.2. The Labute approximate surface area is 277 Å². The summed E-state index contributed by atoms with van der Waals surface area (Å²) in [7, 11) is 0. The maximum Gasteiger partial charge on any atom is 0.235 e. The van der Waals surface area contributed by atoms with E-state index in [9.17, 15) is 14.3 Å². The molecule has 3 atom stereocenters. The first-order valence-electron chi connectivity index (χ1n) is 16.3. The van der Waals surface area contributed by atoms with Crippen molar-refractivity contribution in [2.75, 3.05) is 51.6 Å². The zero-order valence-electron chi connectivity index (χ0n) is 27.9. The van der Waals surface area contributed by atoms with Crippen molar-refractivity contribution in [1.29, 1.82) is 0 Å². The summed E-state index contributed by atoms with van der Waals surface area (Å²) in [6.07, 6.45) is 8.69. The molecule has 2 aromatic carbocycles. The van der Waals surface area contributed by atoms with Crippen LogP contribution >= 0.6 is 11.8 Å². The number of benzene rings is 2. The number of piperazine rings is 1. The van der Waals surface area contributed by atoms with Crippen molar-refractivity contribution >= 4 is 22.7 Å². The van der Waals surface area contributed by atoms with Crippen LogP contribution in [0.1, 0.15) is 41.0 Å². The first-order chi connectivity index (χ1) is 22.4. The highest BCUT2D eigenvalue weighted by molar-refractivity contribution is 8.00. The number of hydrogen-bond acceptors (Lipinski definition) is 9. The van der Waals surface area contributed by atoms with Crippen LogP contribution in [0.15, 0.2) is 82.2 Å². The largest absolute Gasteiger partial charge is 0.486 e. The molecule has 5 rings (SSSR count). The Balaban J connectivity index is 0.000000322. The maximum absolute atomic E-state index is 13.4. The Morgan fingerprint density at radius 3 is 2.52 bits per heavy atom. The standard InChI is InChI=1S/C24H27FN2O4.C10H18N2S.C2H6/c1-17(28)27-14-12-26(13-15-27)11-4-16-30-24-22(29)20-5-2-3-6-21(20)31-23(24)18-7-9-19(25)10-8-18;1-3-4-6-11-7-5-10-12-9(2)8-13-10;1-2/h2-3,5-10,17,28H,4,11-16H2,1H3;3-5,7,9-12H,6,8H2,1-2H3;1-2H3/b;4-3-,7-5+;. The minimum atomic E-state index is -0.414. The van der Waals surface area contributed by atoms with E-state index in [1.807, 2.05) is 49.7 Å². The normalized spacial score (nSPS) is 19.5. The molecule has 0 spiro atoms. The Bertz CT molecular complexity index is 1420. The molecular weight excluding hydrogens is 603 g/mol. The number of aliphatic hydroxyl groups is 1. The van der Waals surface area contributed by atoms with Crippen LogP contribution < -0.4 is 20.8 Å². The molecule has 2 saturated heterocycles. The predicted octanol–water partition coefficient (Wildman–Crippen LogP) is 6.07. The maximum atomic E-state index is 13.4. The monoisotopic (exact) mass is 654 g/mol. The van der Waals surface area contributed by atoms with Crippen LogP contribution in [0.25, 0.3) is 22.3 Å². The molecule has 3 aromatic rings. The van der Waals surface area contributed by atoms with Gasteiger partial charge in [-0.2, -0.15) is 0 Å². The highest BCUT2D eigenvalue weighted by Gasteiger charge is 2.21. The number of rotatable bonds is 11. The van der Waals surface area contributed by atoms with E-state index in [2.05, 4.69) is 34.6 Å². The lowest BCUT2D eigenvalue weighted by Gasteiger charge is -2.36. The number of aliphatic hydroxyl groups excluding tert-OH is 1. The first kappa shape index (κ1) is 37.3. The van der Waals surface area contributed by atoms with Gasteiger partial charge in [-0.05, 0) is 75.9 Å². The van der Waals surface area contributed by atoms with Gasteiger partial charge in [0.2, 0.25) is 11.2 Å². The third-order valence-electron chi connectivity index (χ3n) is 7.50. The number of ether oxygens (including phenoxy) is 1. The van der Waals surface area contributed by atoms with Crippen molar-refractivity contribution in [1.82, 2.24) is 20.4 Å². The molecule has 10 heteroatoms. The molecule has 0 saturated carbocycles. The Hall–Kier alpha value is -3.15. The van der Waals surface area contributed by atoms with Crippen LogP contribution in [0.4, 0.5) is 4.39 Å². The lowest BCUT2D eigenvalue weighted by Crippen LogP contribution is -2.49. The molecule has 0 amide bonds. The minimum absolute atomic E-state index is 0.157.